The van der Waals surface area contributed by atoms with Crippen molar-refractivity contribution in [3.05, 3.63) is 35.4 Å². The predicted octanol–water partition coefficient (Wildman–Crippen LogP) is 4.36. The minimum Gasteiger partial charge on any atom is -0.325 e. The normalized spacial score (nSPS) is 42.4. The van der Waals surface area contributed by atoms with Gasteiger partial charge in [0, 0.05) is 5.54 Å². The van der Waals surface area contributed by atoms with Crippen molar-refractivity contribution in [1.82, 2.24) is 0 Å². The maximum atomic E-state index is 6.72. The molecule has 0 radical (unpaired) electrons. The van der Waals surface area contributed by atoms with Crippen LogP contribution in [-0.2, 0) is 5.41 Å². The van der Waals surface area contributed by atoms with Crippen LogP contribution in [0.5, 0.6) is 0 Å². The summed E-state index contributed by atoms with van der Waals surface area (Å²) in [5, 5.41) is 0. The molecule has 0 heterocycles. The molecule has 0 aromatic heterocycles. The van der Waals surface area contributed by atoms with E-state index in [0.29, 0.717) is 11.3 Å². The van der Waals surface area contributed by atoms with E-state index in [4.69, 9.17) is 5.73 Å². The molecule has 2 unspecified atom stereocenters. The summed E-state index contributed by atoms with van der Waals surface area (Å²) in [4.78, 5) is 0. The molecule has 5 rings (SSSR count). The maximum Gasteiger partial charge on any atom is 0.0168 e. The quantitative estimate of drug-likeness (QED) is 0.848. The van der Waals surface area contributed by atoms with Gasteiger partial charge in [0.1, 0.15) is 0 Å². The Balaban J connectivity index is 1.70. The third kappa shape index (κ3) is 1.86. The predicted molar refractivity (Wildman–Crippen MR) is 83.8 cm³/mol. The molecule has 1 heteroatoms. The number of hydrogen-bond acceptors (Lipinski definition) is 1. The second-order valence-electron chi connectivity index (χ2n) is 8.38. The lowest BCUT2D eigenvalue weighted by atomic mass is 9.45. The molecule has 4 bridgehead atoms. The van der Waals surface area contributed by atoms with Crippen LogP contribution in [0.1, 0.15) is 69.4 Å². The van der Waals surface area contributed by atoms with Crippen LogP contribution in [0.4, 0.5) is 0 Å². The van der Waals surface area contributed by atoms with E-state index in [1.54, 1.807) is 5.56 Å². The molecule has 4 aliphatic carbocycles. The van der Waals surface area contributed by atoms with E-state index in [1.807, 2.05) is 0 Å². The third-order valence-electron chi connectivity index (χ3n) is 6.30. The first-order chi connectivity index (χ1) is 9.48. The van der Waals surface area contributed by atoms with Crippen LogP contribution < -0.4 is 5.73 Å². The molecule has 1 nitrogen and oxygen atoms in total. The van der Waals surface area contributed by atoms with Crippen molar-refractivity contribution in [1.29, 1.82) is 0 Å². The lowest BCUT2D eigenvalue weighted by Gasteiger charge is -2.61. The highest BCUT2D eigenvalue weighted by Gasteiger charge is 2.56. The Morgan fingerprint density at radius 3 is 2.10 bits per heavy atom. The first kappa shape index (κ1) is 12.9. The van der Waals surface area contributed by atoms with Crippen molar-refractivity contribution in [2.24, 2.45) is 17.6 Å². The Morgan fingerprint density at radius 2 is 1.60 bits per heavy atom. The molecule has 0 saturated heterocycles. The molecule has 4 aliphatic rings. The second-order valence-corrected chi connectivity index (χ2v) is 8.38. The van der Waals surface area contributed by atoms with Gasteiger partial charge >= 0.3 is 0 Å². The van der Waals surface area contributed by atoms with Gasteiger partial charge in [-0.15, -0.1) is 0 Å². The zero-order valence-electron chi connectivity index (χ0n) is 12.9. The summed E-state index contributed by atoms with van der Waals surface area (Å²) in [6.45, 7) is 4.54. The van der Waals surface area contributed by atoms with Crippen molar-refractivity contribution >= 4 is 0 Å². The standard InChI is InChI=1S/C19H27N/c1-13(2)16-3-5-17(6-4-16)18-8-14-7-15(9-18)11-19(20,10-14)12-18/h3-6,13-15H,7-12,20H2,1-2H3. The fraction of sp³-hybridized carbons (Fsp3) is 0.684. The average molecular weight is 269 g/mol. The van der Waals surface area contributed by atoms with Gasteiger partial charge in [0.25, 0.3) is 0 Å². The van der Waals surface area contributed by atoms with Gasteiger partial charge in [0.15, 0.2) is 0 Å². The zero-order valence-corrected chi connectivity index (χ0v) is 12.9. The van der Waals surface area contributed by atoms with Gasteiger partial charge in [0.2, 0.25) is 0 Å². The molecule has 4 saturated carbocycles. The van der Waals surface area contributed by atoms with Crippen LogP contribution in [0.15, 0.2) is 24.3 Å². The average Bonchev–Trinajstić information content (AvgIpc) is 2.36. The number of nitrogens with two attached hydrogens (primary N) is 1. The number of rotatable bonds is 2. The van der Waals surface area contributed by atoms with Gasteiger partial charge in [-0.1, -0.05) is 38.1 Å². The molecule has 4 fully saturated rings. The highest BCUT2D eigenvalue weighted by Crippen LogP contribution is 2.61. The first-order valence-electron chi connectivity index (χ1n) is 8.37. The van der Waals surface area contributed by atoms with Gasteiger partial charge in [-0.3, -0.25) is 0 Å². The molecule has 1 aromatic rings. The van der Waals surface area contributed by atoms with Crippen molar-refractivity contribution in [2.45, 2.75) is 69.2 Å². The van der Waals surface area contributed by atoms with E-state index in [1.165, 1.54) is 44.1 Å². The Hall–Kier alpha value is -0.820. The van der Waals surface area contributed by atoms with Gasteiger partial charge in [-0.2, -0.15) is 0 Å². The molecule has 2 N–H and O–H groups in total. The molecule has 0 spiro atoms. The van der Waals surface area contributed by atoms with Crippen molar-refractivity contribution in [2.75, 3.05) is 0 Å². The van der Waals surface area contributed by atoms with E-state index >= 15 is 0 Å². The van der Waals surface area contributed by atoms with Crippen LogP contribution in [0.2, 0.25) is 0 Å². The summed E-state index contributed by atoms with van der Waals surface area (Å²) in [7, 11) is 0. The van der Waals surface area contributed by atoms with Gasteiger partial charge in [-0.25, -0.2) is 0 Å². The highest BCUT2D eigenvalue weighted by atomic mass is 14.8. The summed E-state index contributed by atoms with van der Waals surface area (Å²) < 4.78 is 0. The van der Waals surface area contributed by atoms with E-state index in [2.05, 4.69) is 38.1 Å². The van der Waals surface area contributed by atoms with Crippen molar-refractivity contribution in [3.8, 4) is 0 Å². The second kappa shape index (κ2) is 4.10. The SMILES string of the molecule is CC(C)c1ccc(C23CC4CC(CC(N)(C4)C2)C3)cc1. The minimum atomic E-state index is 0.154. The molecule has 1 aromatic carbocycles. The number of benzene rings is 1. The molecular formula is C19H27N. The van der Waals surface area contributed by atoms with E-state index in [0.717, 1.165) is 11.8 Å². The lowest BCUT2D eigenvalue weighted by molar-refractivity contribution is -0.0227. The molecule has 20 heavy (non-hydrogen) atoms. The summed E-state index contributed by atoms with van der Waals surface area (Å²) in [5.74, 6) is 2.42. The van der Waals surface area contributed by atoms with Gasteiger partial charge in [-0.05, 0) is 72.8 Å². The Labute approximate surface area is 122 Å². The fourth-order valence-electron chi connectivity index (χ4n) is 5.89. The Kier molecular flexibility index (Phi) is 2.64. The van der Waals surface area contributed by atoms with Crippen LogP contribution in [0.3, 0.4) is 0 Å². The first-order valence-corrected chi connectivity index (χ1v) is 8.37. The van der Waals surface area contributed by atoms with Crippen LogP contribution >= 0.6 is 0 Å². The fourth-order valence-corrected chi connectivity index (χ4v) is 5.89. The lowest BCUT2D eigenvalue weighted by Crippen LogP contribution is -2.61. The molecule has 2 atom stereocenters. The third-order valence-corrected chi connectivity index (χ3v) is 6.30. The highest BCUT2D eigenvalue weighted by molar-refractivity contribution is 5.34. The van der Waals surface area contributed by atoms with Crippen molar-refractivity contribution < 1.29 is 0 Å². The summed E-state index contributed by atoms with van der Waals surface area (Å²) >= 11 is 0. The Bertz CT molecular complexity index is 499. The summed E-state index contributed by atoms with van der Waals surface area (Å²) in [5.41, 5.74) is 10.3. The minimum absolute atomic E-state index is 0.154. The van der Waals surface area contributed by atoms with E-state index < -0.39 is 0 Å². The maximum absolute atomic E-state index is 6.72. The zero-order chi connectivity index (χ0) is 14.0. The summed E-state index contributed by atoms with van der Waals surface area (Å²) in [6, 6.07) is 9.52. The van der Waals surface area contributed by atoms with E-state index in [-0.39, 0.29) is 5.54 Å². The Morgan fingerprint density at radius 1 is 1.00 bits per heavy atom. The molecule has 0 aliphatic heterocycles. The smallest absolute Gasteiger partial charge is 0.0168 e. The topological polar surface area (TPSA) is 26.0 Å². The van der Waals surface area contributed by atoms with Gasteiger partial charge < -0.3 is 5.73 Å². The summed E-state index contributed by atoms with van der Waals surface area (Å²) in [6.07, 6.45) is 8.04. The van der Waals surface area contributed by atoms with Crippen molar-refractivity contribution in [3.63, 3.8) is 0 Å². The van der Waals surface area contributed by atoms with Crippen LogP contribution in [0, 0.1) is 11.8 Å². The van der Waals surface area contributed by atoms with Crippen LogP contribution in [0.25, 0.3) is 0 Å². The van der Waals surface area contributed by atoms with Crippen LogP contribution in [-0.4, -0.2) is 5.54 Å². The van der Waals surface area contributed by atoms with E-state index in [9.17, 15) is 0 Å². The molecular weight excluding hydrogens is 242 g/mol. The molecule has 108 valence electrons. The molecule has 0 amide bonds. The monoisotopic (exact) mass is 269 g/mol. The van der Waals surface area contributed by atoms with Gasteiger partial charge in [0.05, 0.1) is 0 Å². The largest absolute Gasteiger partial charge is 0.325 e. The number of hydrogen-bond donors (Lipinski definition) is 1.